The Morgan fingerprint density at radius 1 is 1.25 bits per heavy atom. The predicted molar refractivity (Wildman–Crippen MR) is 112 cm³/mol. The molecule has 1 amide bonds. The van der Waals surface area contributed by atoms with E-state index in [1.54, 1.807) is 0 Å². The molecule has 3 heterocycles. The molecule has 0 bridgehead atoms. The second-order valence-electron chi connectivity index (χ2n) is 8.69. The van der Waals surface area contributed by atoms with Gasteiger partial charge in [-0.15, -0.1) is 0 Å². The molecule has 2 fully saturated rings. The number of carbonyl (C=O) groups excluding carboxylic acids is 1. The summed E-state index contributed by atoms with van der Waals surface area (Å²) >= 11 is 0. The molecule has 1 aromatic heterocycles. The lowest BCUT2D eigenvalue weighted by molar-refractivity contribution is -0.138. The first-order chi connectivity index (χ1) is 13.5. The number of likely N-dealkylation sites (tertiary alicyclic amines) is 1. The molecule has 2 aromatic rings. The van der Waals surface area contributed by atoms with Gasteiger partial charge < -0.3 is 14.8 Å². The van der Waals surface area contributed by atoms with Crippen LogP contribution in [0.2, 0.25) is 0 Å². The molecule has 6 heteroatoms. The number of nitrogens with one attached hydrogen (secondary N) is 1. The Kier molecular flexibility index (Phi) is 5.69. The van der Waals surface area contributed by atoms with Gasteiger partial charge in [-0.25, -0.2) is 4.98 Å². The molecule has 2 saturated heterocycles. The molecule has 1 aromatic carbocycles. The number of amides is 1. The molecule has 2 aliphatic heterocycles. The lowest BCUT2D eigenvalue weighted by Crippen LogP contribution is -2.54. The average Bonchev–Trinajstić information content (AvgIpc) is 3.05. The summed E-state index contributed by atoms with van der Waals surface area (Å²) in [4.78, 5) is 22.5. The Morgan fingerprint density at radius 3 is 2.86 bits per heavy atom. The number of rotatable bonds is 4. The first-order valence-corrected chi connectivity index (χ1v) is 10.7. The third-order valence-electron chi connectivity index (χ3n) is 6.09. The standard InChI is InChI=1S/C22H33N5O/c1-16(2)27-20-9-5-4-8-19(20)24-21(27)15-25-11-6-7-18(14-25)22(28)26-12-10-23-17(3)13-26/h4-5,8-9,16-18,23H,6-7,10-15H2,1-3H3/t17-,18+/m1/s1. The van der Waals surface area contributed by atoms with Gasteiger partial charge in [0.05, 0.1) is 23.5 Å². The van der Waals surface area contributed by atoms with E-state index < -0.39 is 0 Å². The fourth-order valence-corrected chi connectivity index (χ4v) is 4.77. The van der Waals surface area contributed by atoms with Crippen LogP contribution < -0.4 is 5.32 Å². The Bertz CT molecular complexity index is 829. The summed E-state index contributed by atoms with van der Waals surface area (Å²) in [6, 6.07) is 9.13. The number of nitrogens with zero attached hydrogens (tertiary/aromatic N) is 4. The minimum atomic E-state index is 0.121. The zero-order valence-electron chi connectivity index (χ0n) is 17.4. The van der Waals surface area contributed by atoms with Crippen LogP contribution in [0.15, 0.2) is 24.3 Å². The van der Waals surface area contributed by atoms with Crippen molar-refractivity contribution in [3.8, 4) is 0 Å². The zero-order valence-corrected chi connectivity index (χ0v) is 17.4. The van der Waals surface area contributed by atoms with Crippen LogP contribution in [-0.4, -0.2) is 64.0 Å². The van der Waals surface area contributed by atoms with Gasteiger partial charge in [-0.1, -0.05) is 12.1 Å². The summed E-state index contributed by atoms with van der Waals surface area (Å²) < 4.78 is 2.35. The van der Waals surface area contributed by atoms with E-state index in [0.717, 1.165) is 63.5 Å². The lowest BCUT2D eigenvalue weighted by Gasteiger charge is -2.38. The van der Waals surface area contributed by atoms with Gasteiger partial charge in [0.1, 0.15) is 5.82 Å². The third kappa shape index (κ3) is 3.94. The van der Waals surface area contributed by atoms with E-state index in [1.165, 1.54) is 5.52 Å². The fourth-order valence-electron chi connectivity index (χ4n) is 4.77. The second kappa shape index (κ2) is 8.21. The fraction of sp³-hybridized carbons (Fsp3) is 0.636. The molecular formula is C22H33N5O. The third-order valence-corrected chi connectivity index (χ3v) is 6.09. The van der Waals surface area contributed by atoms with Crippen molar-refractivity contribution < 1.29 is 4.79 Å². The van der Waals surface area contributed by atoms with Crippen LogP contribution >= 0.6 is 0 Å². The molecule has 0 unspecified atom stereocenters. The first kappa shape index (κ1) is 19.4. The average molecular weight is 384 g/mol. The van der Waals surface area contributed by atoms with Crippen LogP contribution in [0.1, 0.15) is 45.5 Å². The maximum Gasteiger partial charge on any atom is 0.227 e. The van der Waals surface area contributed by atoms with Crippen LogP contribution in [0.5, 0.6) is 0 Å². The van der Waals surface area contributed by atoms with Crippen molar-refractivity contribution in [3.05, 3.63) is 30.1 Å². The number of piperazine rings is 1. The predicted octanol–water partition coefficient (Wildman–Crippen LogP) is 2.65. The highest BCUT2D eigenvalue weighted by Gasteiger charge is 2.31. The van der Waals surface area contributed by atoms with Crippen molar-refractivity contribution in [2.24, 2.45) is 5.92 Å². The Hall–Kier alpha value is -1.92. The second-order valence-corrected chi connectivity index (χ2v) is 8.69. The lowest BCUT2D eigenvalue weighted by atomic mass is 9.96. The van der Waals surface area contributed by atoms with E-state index in [-0.39, 0.29) is 5.92 Å². The van der Waals surface area contributed by atoms with Gasteiger partial charge in [0.15, 0.2) is 0 Å². The van der Waals surface area contributed by atoms with Crippen LogP contribution in [-0.2, 0) is 11.3 Å². The number of hydrogen-bond donors (Lipinski definition) is 1. The Morgan fingerprint density at radius 2 is 2.07 bits per heavy atom. The number of imidazole rings is 1. The molecule has 4 rings (SSSR count). The van der Waals surface area contributed by atoms with Gasteiger partial charge in [0.2, 0.25) is 5.91 Å². The van der Waals surface area contributed by atoms with Gasteiger partial charge in [0.25, 0.3) is 0 Å². The van der Waals surface area contributed by atoms with Crippen molar-refractivity contribution >= 4 is 16.9 Å². The normalized spacial score (nSPS) is 24.2. The minimum absolute atomic E-state index is 0.121. The van der Waals surface area contributed by atoms with E-state index in [1.807, 2.05) is 6.07 Å². The Balaban J connectivity index is 1.48. The zero-order chi connectivity index (χ0) is 19.7. The largest absolute Gasteiger partial charge is 0.340 e. The molecule has 0 aliphatic carbocycles. The van der Waals surface area contributed by atoms with Crippen LogP contribution in [0.4, 0.5) is 0 Å². The molecule has 152 valence electrons. The number of fused-ring (bicyclic) bond motifs is 1. The summed E-state index contributed by atoms with van der Waals surface area (Å²) in [5, 5.41) is 3.43. The Labute approximate surface area is 167 Å². The summed E-state index contributed by atoms with van der Waals surface area (Å²) in [5.74, 6) is 1.58. The van der Waals surface area contributed by atoms with Gasteiger partial charge in [-0.05, 0) is 52.3 Å². The SMILES string of the molecule is CC(C)n1c(CN2CCC[C@H](C(=O)N3CCN[C@H](C)C3)C2)nc2ccccc21. The molecule has 0 spiro atoms. The number of aromatic nitrogens is 2. The number of piperidine rings is 1. The number of para-hydroxylation sites is 2. The number of carbonyl (C=O) groups is 1. The van der Waals surface area contributed by atoms with Crippen molar-refractivity contribution in [1.29, 1.82) is 0 Å². The number of benzene rings is 1. The monoisotopic (exact) mass is 383 g/mol. The first-order valence-electron chi connectivity index (χ1n) is 10.7. The smallest absolute Gasteiger partial charge is 0.227 e. The van der Waals surface area contributed by atoms with Crippen molar-refractivity contribution in [2.45, 2.75) is 52.2 Å². The molecule has 6 nitrogen and oxygen atoms in total. The summed E-state index contributed by atoms with van der Waals surface area (Å²) in [6.07, 6.45) is 2.09. The molecule has 0 radical (unpaired) electrons. The molecular weight excluding hydrogens is 350 g/mol. The van der Waals surface area contributed by atoms with Gasteiger partial charge in [0, 0.05) is 38.3 Å². The van der Waals surface area contributed by atoms with Crippen LogP contribution in [0, 0.1) is 5.92 Å². The van der Waals surface area contributed by atoms with Gasteiger partial charge >= 0.3 is 0 Å². The molecule has 0 saturated carbocycles. The highest BCUT2D eigenvalue weighted by Crippen LogP contribution is 2.25. The quantitative estimate of drug-likeness (QED) is 0.882. The maximum atomic E-state index is 13.1. The van der Waals surface area contributed by atoms with E-state index in [0.29, 0.717) is 18.0 Å². The molecule has 2 atom stereocenters. The summed E-state index contributed by atoms with van der Waals surface area (Å²) in [6.45, 7) is 11.9. The van der Waals surface area contributed by atoms with Gasteiger partial charge in [-0.2, -0.15) is 0 Å². The maximum absolute atomic E-state index is 13.1. The molecule has 1 N–H and O–H groups in total. The van der Waals surface area contributed by atoms with E-state index in [2.05, 4.69) is 58.7 Å². The van der Waals surface area contributed by atoms with Crippen LogP contribution in [0.3, 0.4) is 0 Å². The summed E-state index contributed by atoms with van der Waals surface area (Å²) in [5.41, 5.74) is 2.26. The summed E-state index contributed by atoms with van der Waals surface area (Å²) in [7, 11) is 0. The van der Waals surface area contributed by atoms with Crippen molar-refractivity contribution in [1.82, 2.24) is 24.7 Å². The van der Waals surface area contributed by atoms with E-state index in [9.17, 15) is 4.79 Å². The molecule has 28 heavy (non-hydrogen) atoms. The topological polar surface area (TPSA) is 53.4 Å². The van der Waals surface area contributed by atoms with E-state index in [4.69, 9.17) is 4.98 Å². The highest BCUT2D eigenvalue weighted by molar-refractivity contribution is 5.79. The number of hydrogen-bond acceptors (Lipinski definition) is 4. The van der Waals surface area contributed by atoms with E-state index >= 15 is 0 Å². The van der Waals surface area contributed by atoms with Crippen LogP contribution in [0.25, 0.3) is 11.0 Å². The molecule has 2 aliphatic rings. The van der Waals surface area contributed by atoms with Crippen molar-refractivity contribution in [3.63, 3.8) is 0 Å². The van der Waals surface area contributed by atoms with Gasteiger partial charge in [-0.3, -0.25) is 9.69 Å². The highest BCUT2D eigenvalue weighted by atomic mass is 16.2. The van der Waals surface area contributed by atoms with Crippen molar-refractivity contribution in [2.75, 3.05) is 32.7 Å². The minimum Gasteiger partial charge on any atom is -0.340 e.